The van der Waals surface area contributed by atoms with E-state index in [0.717, 1.165) is 11.3 Å². The Bertz CT molecular complexity index is 331. The van der Waals surface area contributed by atoms with Gasteiger partial charge < -0.3 is 19.5 Å². The van der Waals surface area contributed by atoms with E-state index in [1.165, 1.54) is 0 Å². The Morgan fingerprint density at radius 2 is 2.00 bits per heavy atom. The van der Waals surface area contributed by atoms with Gasteiger partial charge in [-0.2, -0.15) is 0 Å². The molecule has 1 aromatic carbocycles. The zero-order valence-corrected chi connectivity index (χ0v) is 11.4. The van der Waals surface area contributed by atoms with Crippen LogP contribution in [-0.2, 0) is 9.47 Å². The topological polar surface area (TPSA) is 39.7 Å². The third kappa shape index (κ3) is 4.64. The number of rotatable bonds is 9. The van der Waals surface area contributed by atoms with Crippen LogP contribution in [0.25, 0.3) is 0 Å². The molecule has 0 aromatic heterocycles. The van der Waals surface area contributed by atoms with Crippen LogP contribution in [0.3, 0.4) is 0 Å². The summed E-state index contributed by atoms with van der Waals surface area (Å²) in [5, 5.41) is 3.25. The van der Waals surface area contributed by atoms with Gasteiger partial charge in [0.25, 0.3) is 0 Å². The van der Waals surface area contributed by atoms with Crippen molar-refractivity contribution < 1.29 is 14.2 Å². The van der Waals surface area contributed by atoms with Gasteiger partial charge in [0.05, 0.1) is 32.5 Å². The number of para-hydroxylation sites is 1. The molecule has 0 saturated carbocycles. The largest absolute Gasteiger partial charge is 0.494 e. The van der Waals surface area contributed by atoms with E-state index < -0.39 is 0 Å². The summed E-state index contributed by atoms with van der Waals surface area (Å²) in [6, 6.07) is 8.17. The number of likely N-dealkylation sites (N-methyl/N-ethyl adjacent to an activating group) is 1. The molecule has 1 atom stereocenters. The van der Waals surface area contributed by atoms with Crippen LogP contribution in [0.5, 0.6) is 5.75 Å². The monoisotopic (exact) mass is 253 g/mol. The average molecular weight is 253 g/mol. The summed E-state index contributed by atoms with van der Waals surface area (Å²) in [7, 11) is 3.59. The van der Waals surface area contributed by atoms with Crippen molar-refractivity contribution in [2.75, 3.05) is 40.6 Å². The van der Waals surface area contributed by atoms with Gasteiger partial charge in [0.1, 0.15) is 5.75 Å². The lowest BCUT2D eigenvalue weighted by Crippen LogP contribution is -2.23. The van der Waals surface area contributed by atoms with Crippen molar-refractivity contribution in [3.8, 4) is 5.75 Å². The minimum Gasteiger partial charge on any atom is -0.494 e. The molecule has 4 nitrogen and oxygen atoms in total. The number of nitrogens with one attached hydrogen (secondary N) is 1. The Morgan fingerprint density at radius 1 is 1.22 bits per heavy atom. The first kappa shape index (κ1) is 15.0. The van der Waals surface area contributed by atoms with Crippen LogP contribution < -0.4 is 10.1 Å². The van der Waals surface area contributed by atoms with Crippen LogP contribution in [0, 0.1) is 0 Å². The number of hydrogen-bond donors (Lipinski definition) is 1. The highest BCUT2D eigenvalue weighted by Gasteiger charge is 2.14. The average Bonchev–Trinajstić information content (AvgIpc) is 2.41. The van der Waals surface area contributed by atoms with Gasteiger partial charge in [-0.05, 0) is 20.0 Å². The predicted octanol–water partition coefficient (Wildman–Crippen LogP) is 2.01. The summed E-state index contributed by atoms with van der Waals surface area (Å²) < 4.78 is 16.2. The van der Waals surface area contributed by atoms with Crippen molar-refractivity contribution in [1.29, 1.82) is 0 Å². The van der Waals surface area contributed by atoms with E-state index >= 15 is 0 Å². The normalized spacial score (nSPS) is 12.4. The predicted molar refractivity (Wildman–Crippen MR) is 72.1 cm³/mol. The van der Waals surface area contributed by atoms with Crippen LogP contribution in [0.2, 0.25) is 0 Å². The first-order valence-corrected chi connectivity index (χ1v) is 6.29. The van der Waals surface area contributed by atoms with Gasteiger partial charge in [0, 0.05) is 12.7 Å². The minimum atomic E-state index is 0.129. The maximum atomic E-state index is 5.63. The van der Waals surface area contributed by atoms with E-state index in [1.54, 1.807) is 7.11 Å². The fraction of sp³-hybridized carbons (Fsp3) is 0.571. The molecule has 0 saturated heterocycles. The molecule has 1 N–H and O–H groups in total. The lowest BCUT2D eigenvalue weighted by atomic mass is 10.1. The molecule has 0 aliphatic rings. The van der Waals surface area contributed by atoms with Gasteiger partial charge in [-0.3, -0.25) is 0 Å². The Labute approximate surface area is 109 Å². The Hall–Kier alpha value is -1.10. The molecular weight excluding hydrogens is 230 g/mol. The molecule has 0 heterocycles. The van der Waals surface area contributed by atoms with Gasteiger partial charge >= 0.3 is 0 Å². The molecular formula is C14H23NO3. The van der Waals surface area contributed by atoms with Crippen LogP contribution >= 0.6 is 0 Å². The first-order chi connectivity index (χ1) is 8.83. The number of ether oxygens (including phenoxy) is 3. The molecule has 1 rings (SSSR count). The number of hydrogen-bond acceptors (Lipinski definition) is 4. The van der Waals surface area contributed by atoms with Gasteiger partial charge in [0.15, 0.2) is 0 Å². The van der Waals surface area contributed by atoms with Crippen LogP contribution in [0.4, 0.5) is 0 Å². The fourth-order valence-electron chi connectivity index (χ4n) is 1.73. The second-order valence-corrected chi connectivity index (χ2v) is 3.88. The molecule has 0 bridgehead atoms. The molecule has 0 amide bonds. The zero-order chi connectivity index (χ0) is 13.2. The van der Waals surface area contributed by atoms with E-state index in [-0.39, 0.29) is 6.04 Å². The SMILES string of the molecule is CCOc1ccccc1C(COCCOC)NC. The first-order valence-electron chi connectivity index (χ1n) is 6.29. The molecule has 0 fully saturated rings. The standard InChI is InChI=1S/C14H23NO3/c1-4-18-14-8-6-5-7-12(14)13(15-2)11-17-10-9-16-3/h5-8,13,15H,4,9-11H2,1-3H3. The summed E-state index contributed by atoms with van der Waals surface area (Å²) in [4.78, 5) is 0. The Morgan fingerprint density at radius 3 is 2.67 bits per heavy atom. The van der Waals surface area contributed by atoms with Crippen molar-refractivity contribution in [3.05, 3.63) is 29.8 Å². The number of methoxy groups -OCH3 is 1. The third-order valence-electron chi connectivity index (χ3n) is 2.66. The fourth-order valence-corrected chi connectivity index (χ4v) is 1.73. The zero-order valence-electron chi connectivity index (χ0n) is 11.4. The molecule has 0 spiro atoms. The summed E-state index contributed by atoms with van der Waals surface area (Å²) in [5.41, 5.74) is 1.12. The molecule has 18 heavy (non-hydrogen) atoms. The van der Waals surface area contributed by atoms with Crippen molar-refractivity contribution in [2.24, 2.45) is 0 Å². The minimum absolute atomic E-state index is 0.129. The number of benzene rings is 1. The maximum absolute atomic E-state index is 5.63. The van der Waals surface area contributed by atoms with Crippen molar-refractivity contribution in [2.45, 2.75) is 13.0 Å². The molecule has 0 aliphatic heterocycles. The summed E-state index contributed by atoms with van der Waals surface area (Å²) in [6.07, 6.45) is 0. The Balaban J connectivity index is 2.62. The highest BCUT2D eigenvalue weighted by molar-refractivity contribution is 5.36. The van der Waals surface area contributed by atoms with Crippen molar-refractivity contribution in [1.82, 2.24) is 5.32 Å². The molecule has 1 unspecified atom stereocenters. The second-order valence-electron chi connectivity index (χ2n) is 3.88. The quantitative estimate of drug-likeness (QED) is 0.683. The van der Waals surface area contributed by atoms with Crippen LogP contribution in [0.1, 0.15) is 18.5 Å². The van der Waals surface area contributed by atoms with E-state index in [1.807, 2.05) is 32.2 Å². The van der Waals surface area contributed by atoms with Crippen LogP contribution in [0.15, 0.2) is 24.3 Å². The third-order valence-corrected chi connectivity index (χ3v) is 2.66. The molecule has 0 aliphatic carbocycles. The summed E-state index contributed by atoms with van der Waals surface area (Å²) in [5.74, 6) is 0.912. The van der Waals surface area contributed by atoms with Crippen LogP contribution in [-0.4, -0.2) is 40.6 Å². The smallest absolute Gasteiger partial charge is 0.124 e. The van der Waals surface area contributed by atoms with E-state index in [0.29, 0.717) is 26.4 Å². The lowest BCUT2D eigenvalue weighted by molar-refractivity contribution is 0.0592. The highest BCUT2D eigenvalue weighted by Crippen LogP contribution is 2.25. The second kappa shape index (κ2) is 8.91. The van der Waals surface area contributed by atoms with Gasteiger partial charge in [0.2, 0.25) is 0 Å². The van der Waals surface area contributed by atoms with Gasteiger partial charge in [-0.15, -0.1) is 0 Å². The summed E-state index contributed by atoms with van der Waals surface area (Å²) in [6.45, 7) is 4.47. The van der Waals surface area contributed by atoms with E-state index in [4.69, 9.17) is 14.2 Å². The molecule has 4 heteroatoms. The Kier molecular flexibility index (Phi) is 7.41. The molecule has 1 aromatic rings. The van der Waals surface area contributed by atoms with Crippen molar-refractivity contribution in [3.63, 3.8) is 0 Å². The molecule has 0 radical (unpaired) electrons. The van der Waals surface area contributed by atoms with E-state index in [2.05, 4.69) is 11.4 Å². The summed E-state index contributed by atoms with van der Waals surface area (Å²) >= 11 is 0. The van der Waals surface area contributed by atoms with Gasteiger partial charge in [-0.1, -0.05) is 18.2 Å². The maximum Gasteiger partial charge on any atom is 0.124 e. The lowest BCUT2D eigenvalue weighted by Gasteiger charge is -2.19. The van der Waals surface area contributed by atoms with Crippen molar-refractivity contribution >= 4 is 0 Å². The highest BCUT2D eigenvalue weighted by atomic mass is 16.5. The van der Waals surface area contributed by atoms with E-state index in [9.17, 15) is 0 Å². The van der Waals surface area contributed by atoms with Gasteiger partial charge in [-0.25, -0.2) is 0 Å². The molecule has 102 valence electrons.